The molecule has 0 aromatic heterocycles. The average Bonchev–Trinajstić information content (AvgIpc) is 2.46. The van der Waals surface area contributed by atoms with Crippen molar-refractivity contribution in [3.8, 4) is 24.3 Å². The summed E-state index contributed by atoms with van der Waals surface area (Å²) in [4.78, 5) is 0.683. The van der Waals surface area contributed by atoms with Gasteiger partial charge in [0.2, 0.25) is 0 Å². The first-order chi connectivity index (χ1) is 9.23. The first-order valence-corrected chi connectivity index (χ1v) is 7.07. The van der Waals surface area contributed by atoms with Crippen LogP contribution in [0.25, 0.3) is 0 Å². The van der Waals surface area contributed by atoms with Crippen LogP contribution in [0, 0.1) is 51.2 Å². The molecule has 0 aliphatic heterocycles. The number of allylic oxidation sites excluding steroid dienone is 4. The highest BCUT2D eigenvalue weighted by molar-refractivity contribution is 8.02. The summed E-state index contributed by atoms with van der Waals surface area (Å²) < 4.78 is 0. The quantitative estimate of drug-likeness (QED) is 0.716. The van der Waals surface area contributed by atoms with Gasteiger partial charge < -0.3 is 0 Å². The molecule has 94 valence electrons. The highest BCUT2D eigenvalue weighted by atomic mass is 32.2. The molecule has 0 spiro atoms. The third-order valence-electron chi connectivity index (χ3n) is 3.16. The lowest BCUT2D eigenvalue weighted by atomic mass is 9.80. The molecule has 0 saturated heterocycles. The molecule has 1 rings (SSSR count). The van der Waals surface area contributed by atoms with Crippen LogP contribution >= 0.6 is 11.8 Å². The van der Waals surface area contributed by atoms with Crippen LogP contribution in [0.4, 0.5) is 0 Å². The Hall–Kier alpha value is -2.21. The third-order valence-corrected chi connectivity index (χ3v) is 4.09. The largest absolute Gasteiger partial charge is 0.192 e. The monoisotopic (exact) mass is 268 g/mol. The number of thioether (sulfide) groups is 1. The minimum Gasteiger partial charge on any atom is -0.192 e. The lowest BCUT2D eigenvalue weighted by Gasteiger charge is -2.27. The predicted octanol–water partition coefficient (Wildman–Crippen LogP) is 3.18. The zero-order chi connectivity index (χ0) is 14.3. The molecule has 1 unspecified atom stereocenters. The van der Waals surface area contributed by atoms with Crippen molar-refractivity contribution in [2.75, 3.05) is 6.26 Å². The summed E-state index contributed by atoms with van der Waals surface area (Å²) in [6.45, 7) is 0. The Morgan fingerprint density at radius 3 is 2.16 bits per heavy atom. The molecular weight excluding hydrogens is 256 g/mol. The maximum absolute atomic E-state index is 9.02. The Morgan fingerprint density at radius 1 is 1.05 bits per heavy atom. The van der Waals surface area contributed by atoms with Gasteiger partial charge in [-0.15, -0.1) is 11.8 Å². The fourth-order valence-electron chi connectivity index (χ4n) is 2.32. The topological polar surface area (TPSA) is 95.2 Å². The van der Waals surface area contributed by atoms with Gasteiger partial charge in [0.05, 0.1) is 0 Å². The van der Waals surface area contributed by atoms with Gasteiger partial charge in [-0.2, -0.15) is 21.0 Å². The van der Waals surface area contributed by atoms with E-state index in [1.54, 1.807) is 0 Å². The van der Waals surface area contributed by atoms with Crippen LogP contribution in [0.3, 0.4) is 0 Å². The van der Waals surface area contributed by atoms with Crippen LogP contribution in [0.15, 0.2) is 21.6 Å². The lowest BCUT2D eigenvalue weighted by molar-refractivity contribution is 0.512. The van der Waals surface area contributed by atoms with E-state index >= 15 is 0 Å². The molecule has 1 saturated carbocycles. The number of rotatable bonds is 2. The van der Waals surface area contributed by atoms with E-state index < -0.39 is 0 Å². The summed E-state index contributed by atoms with van der Waals surface area (Å²) in [6.07, 6.45) is 5.20. The van der Waals surface area contributed by atoms with Gasteiger partial charge >= 0.3 is 0 Å². The van der Waals surface area contributed by atoms with Crippen LogP contribution in [0.1, 0.15) is 25.7 Å². The molecule has 0 bridgehead atoms. The zero-order valence-electron chi connectivity index (χ0n) is 10.6. The zero-order valence-corrected chi connectivity index (χ0v) is 11.4. The fraction of sp³-hybridized carbons (Fsp3) is 0.429. The van der Waals surface area contributed by atoms with Gasteiger partial charge in [-0.3, -0.25) is 0 Å². The van der Waals surface area contributed by atoms with Crippen molar-refractivity contribution >= 4 is 11.8 Å². The van der Waals surface area contributed by atoms with Gasteiger partial charge in [0, 0.05) is 10.8 Å². The maximum atomic E-state index is 9.02. The second-order valence-electron chi connectivity index (χ2n) is 4.09. The Morgan fingerprint density at radius 2 is 1.68 bits per heavy atom. The number of nitriles is 4. The first kappa shape index (κ1) is 14.8. The molecular formula is C14H12N4S. The molecule has 1 aliphatic rings. The Labute approximate surface area is 117 Å². The second-order valence-corrected chi connectivity index (χ2v) is 4.94. The Bertz CT molecular complexity index is 513. The van der Waals surface area contributed by atoms with Crippen LogP contribution in [-0.4, -0.2) is 6.26 Å². The highest BCUT2D eigenvalue weighted by Gasteiger charge is 2.27. The van der Waals surface area contributed by atoms with E-state index in [2.05, 4.69) is 0 Å². The van der Waals surface area contributed by atoms with Crippen molar-refractivity contribution in [1.82, 2.24) is 0 Å². The summed E-state index contributed by atoms with van der Waals surface area (Å²) in [6, 6.07) is 7.66. The maximum Gasteiger partial charge on any atom is 0.139 e. The molecule has 4 nitrogen and oxygen atoms in total. The summed E-state index contributed by atoms with van der Waals surface area (Å²) in [5, 5.41) is 36.1. The SMILES string of the molecule is CSC(=C(C#N)C#N)C1CCCCC1=C(C#N)C#N. The average molecular weight is 268 g/mol. The molecule has 1 atom stereocenters. The predicted molar refractivity (Wildman–Crippen MR) is 72.0 cm³/mol. The highest BCUT2D eigenvalue weighted by Crippen LogP contribution is 2.41. The minimum absolute atomic E-state index is 0.0899. The van der Waals surface area contributed by atoms with E-state index in [-0.39, 0.29) is 17.1 Å². The summed E-state index contributed by atoms with van der Waals surface area (Å²) >= 11 is 1.36. The van der Waals surface area contributed by atoms with Crippen LogP contribution in [0.5, 0.6) is 0 Å². The summed E-state index contributed by atoms with van der Waals surface area (Å²) in [5.74, 6) is -0.132. The van der Waals surface area contributed by atoms with Crippen molar-refractivity contribution < 1.29 is 0 Å². The van der Waals surface area contributed by atoms with Crippen molar-refractivity contribution in [2.24, 2.45) is 5.92 Å². The molecule has 0 aromatic carbocycles. The molecule has 0 aromatic rings. The number of hydrogen-bond acceptors (Lipinski definition) is 5. The molecule has 5 heteroatoms. The third kappa shape index (κ3) is 3.17. The van der Waals surface area contributed by atoms with Crippen molar-refractivity contribution in [3.05, 3.63) is 21.6 Å². The molecule has 0 heterocycles. The number of nitrogens with zero attached hydrogens (tertiary/aromatic N) is 4. The van der Waals surface area contributed by atoms with Crippen LogP contribution < -0.4 is 0 Å². The Balaban J connectivity index is 3.39. The van der Waals surface area contributed by atoms with Crippen molar-refractivity contribution in [2.45, 2.75) is 25.7 Å². The summed E-state index contributed by atoms with van der Waals surface area (Å²) in [7, 11) is 0. The molecule has 1 fully saturated rings. The van der Waals surface area contributed by atoms with E-state index in [1.807, 2.05) is 30.5 Å². The van der Waals surface area contributed by atoms with Gasteiger partial charge in [0.25, 0.3) is 0 Å². The van der Waals surface area contributed by atoms with E-state index in [0.717, 1.165) is 24.8 Å². The summed E-state index contributed by atoms with van der Waals surface area (Å²) in [5.41, 5.74) is 1.00. The van der Waals surface area contributed by atoms with Gasteiger partial charge in [0.15, 0.2) is 0 Å². The minimum atomic E-state index is -0.132. The van der Waals surface area contributed by atoms with Crippen LogP contribution in [-0.2, 0) is 0 Å². The molecule has 0 N–H and O–H groups in total. The Kier molecular flexibility index (Phi) is 5.69. The van der Waals surface area contributed by atoms with Crippen molar-refractivity contribution in [3.63, 3.8) is 0 Å². The number of hydrogen-bond donors (Lipinski definition) is 0. The second kappa shape index (κ2) is 7.27. The van der Waals surface area contributed by atoms with Gasteiger partial charge in [-0.25, -0.2) is 0 Å². The van der Waals surface area contributed by atoms with E-state index in [0.29, 0.717) is 11.3 Å². The van der Waals surface area contributed by atoms with Gasteiger partial charge in [0.1, 0.15) is 35.4 Å². The van der Waals surface area contributed by atoms with E-state index in [1.165, 1.54) is 11.8 Å². The molecule has 1 aliphatic carbocycles. The van der Waals surface area contributed by atoms with Crippen LogP contribution in [0.2, 0.25) is 0 Å². The van der Waals surface area contributed by atoms with Gasteiger partial charge in [-0.05, 0) is 31.1 Å². The van der Waals surface area contributed by atoms with Gasteiger partial charge in [-0.1, -0.05) is 6.42 Å². The normalized spacial score (nSPS) is 17.3. The molecule has 0 amide bonds. The first-order valence-electron chi connectivity index (χ1n) is 5.85. The van der Waals surface area contributed by atoms with Crippen molar-refractivity contribution in [1.29, 1.82) is 21.0 Å². The molecule has 19 heavy (non-hydrogen) atoms. The smallest absolute Gasteiger partial charge is 0.139 e. The fourth-order valence-corrected chi connectivity index (χ4v) is 3.16. The molecule has 0 radical (unpaired) electrons. The van der Waals surface area contributed by atoms with E-state index in [9.17, 15) is 0 Å². The standard InChI is InChI=1S/C14H12N4S/c1-19-14(11(8-17)9-18)13-5-3-2-4-12(13)10(6-15)7-16/h13H,2-5H2,1H3. The lowest BCUT2D eigenvalue weighted by Crippen LogP contribution is -2.14. The van der Waals surface area contributed by atoms with E-state index in [4.69, 9.17) is 21.0 Å².